The molecule has 0 atom stereocenters. The maximum atomic E-state index is 12.2. The summed E-state index contributed by atoms with van der Waals surface area (Å²) in [6.07, 6.45) is -1.75. The first-order valence-corrected chi connectivity index (χ1v) is 3.96. The van der Waals surface area contributed by atoms with Gasteiger partial charge in [-0.05, 0) is 17.7 Å². The number of ether oxygens (including phenoxy) is 1. The van der Waals surface area contributed by atoms with Gasteiger partial charge in [-0.15, -0.1) is 0 Å². The molecule has 0 spiro atoms. The summed E-state index contributed by atoms with van der Waals surface area (Å²) < 4.78 is 29.1. The molecule has 0 bridgehead atoms. The van der Waals surface area contributed by atoms with E-state index in [9.17, 15) is 13.6 Å². The van der Waals surface area contributed by atoms with Gasteiger partial charge < -0.3 is 4.74 Å². The fraction of sp³-hybridized carbons (Fsp3) is 0.250. The highest BCUT2D eigenvalue weighted by Gasteiger charge is 2.16. The zero-order valence-corrected chi connectivity index (χ0v) is 7.89. The number of nitrogens with zero attached hydrogens (tertiary/aromatic N) is 1. The van der Waals surface area contributed by atoms with Crippen molar-refractivity contribution in [3.63, 3.8) is 0 Å². The second-order valence-corrected chi connectivity index (χ2v) is 2.74. The number of hydrogen-bond acceptors (Lipinski definition) is 3. The first kappa shape index (κ1) is 10.8. The van der Waals surface area contributed by atoms with Crippen molar-refractivity contribution < 1.29 is 18.3 Å². The highest BCUT2D eigenvalue weighted by atomic mass is 35.5. The number of methoxy groups -OCH3 is 1. The lowest BCUT2D eigenvalue weighted by Gasteiger charge is -2.05. The van der Waals surface area contributed by atoms with Crippen molar-refractivity contribution in [3.05, 3.63) is 23.4 Å². The van der Waals surface area contributed by atoms with E-state index in [1.165, 1.54) is 7.11 Å². The van der Waals surface area contributed by atoms with Crippen molar-refractivity contribution >= 4 is 16.8 Å². The number of rotatable bonds is 3. The summed E-state index contributed by atoms with van der Waals surface area (Å²) in [5.41, 5.74) is -0.526. The molecule has 0 fully saturated rings. The minimum Gasteiger partial charge on any atom is -0.480 e. The van der Waals surface area contributed by atoms with Crippen LogP contribution in [0.3, 0.4) is 0 Å². The number of alkyl halides is 2. The second-order valence-electron chi connectivity index (χ2n) is 2.40. The third-order valence-corrected chi connectivity index (χ3v) is 1.73. The van der Waals surface area contributed by atoms with Crippen molar-refractivity contribution in [1.82, 2.24) is 4.98 Å². The zero-order chi connectivity index (χ0) is 10.7. The molecule has 0 aliphatic heterocycles. The van der Waals surface area contributed by atoms with Gasteiger partial charge in [0.2, 0.25) is 5.88 Å². The number of pyridine rings is 1. The molecule has 76 valence electrons. The number of carbonyl (C=O) groups excluding carboxylic acids is 1. The van der Waals surface area contributed by atoms with Crippen LogP contribution in [0.5, 0.6) is 5.88 Å². The Morgan fingerprint density at radius 1 is 1.64 bits per heavy atom. The van der Waals surface area contributed by atoms with Crippen LogP contribution in [-0.2, 0) is 0 Å². The molecule has 1 rings (SSSR count). The first-order valence-electron chi connectivity index (χ1n) is 3.58. The quantitative estimate of drug-likeness (QED) is 0.736. The highest BCUT2D eigenvalue weighted by molar-refractivity contribution is 6.68. The molecule has 1 heterocycles. The van der Waals surface area contributed by atoms with E-state index in [1.54, 1.807) is 0 Å². The lowest BCUT2D eigenvalue weighted by Crippen LogP contribution is -2.00. The van der Waals surface area contributed by atoms with Crippen LogP contribution >= 0.6 is 11.6 Å². The third kappa shape index (κ3) is 2.17. The minimum atomic E-state index is -2.69. The van der Waals surface area contributed by atoms with Crippen LogP contribution in [0.15, 0.2) is 12.3 Å². The Bertz CT molecular complexity index is 357. The van der Waals surface area contributed by atoms with Crippen LogP contribution in [0.25, 0.3) is 0 Å². The van der Waals surface area contributed by atoms with E-state index in [1.807, 2.05) is 0 Å². The topological polar surface area (TPSA) is 39.2 Å². The summed E-state index contributed by atoms with van der Waals surface area (Å²) in [5, 5.41) is -0.878. The van der Waals surface area contributed by atoms with E-state index in [0.29, 0.717) is 0 Å². The van der Waals surface area contributed by atoms with Crippen LogP contribution in [0.2, 0.25) is 0 Å². The fourth-order valence-corrected chi connectivity index (χ4v) is 1.03. The van der Waals surface area contributed by atoms with E-state index in [4.69, 9.17) is 11.6 Å². The normalized spacial score (nSPS) is 10.4. The lowest BCUT2D eigenvalue weighted by atomic mass is 10.2. The first-order chi connectivity index (χ1) is 6.56. The summed E-state index contributed by atoms with van der Waals surface area (Å²) >= 11 is 5.16. The average molecular weight is 222 g/mol. The van der Waals surface area contributed by atoms with Crippen molar-refractivity contribution in [2.45, 2.75) is 6.43 Å². The maximum Gasteiger partial charge on any atom is 0.265 e. The van der Waals surface area contributed by atoms with Gasteiger partial charge in [-0.2, -0.15) is 0 Å². The second kappa shape index (κ2) is 4.32. The molecule has 1 aromatic rings. The van der Waals surface area contributed by atoms with Crippen molar-refractivity contribution in [2.24, 2.45) is 0 Å². The summed E-state index contributed by atoms with van der Waals surface area (Å²) in [4.78, 5) is 14.3. The number of hydrogen-bond donors (Lipinski definition) is 0. The van der Waals surface area contributed by atoms with Crippen molar-refractivity contribution in [2.75, 3.05) is 7.11 Å². The van der Waals surface area contributed by atoms with E-state index >= 15 is 0 Å². The predicted octanol–water partition coefficient (Wildman–Crippen LogP) is 2.41. The molecule has 0 saturated heterocycles. The molecule has 0 N–H and O–H groups in total. The van der Waals surface area contributed by atoms with Gasteiger partial charge in [-0.25, -0.2) is 13.8 Å². The molecule has 0 amide bonds. The Labute approximate surface area is 83.7 Å². The predicted molar refractivity (Wildman–Crippen MR) is 45.9 cm³/mol. The summed E-state index contributed by atoms with van der Waals surface area (Å²) in [6.45, 7) is 0. The lowest BCUT2D eigenvalue weighted by molar-refractivity contribution is 0.107. The van der Waals surface area contributed by atoms with Crippen molar-refractivity contribution in [3.8, 4) is 5.88 Å². The Balaban J connectivity index is 3.21. The molecule has 1 aromatic heterocycles. The fourth-order valence-electron chi connectivity index (χ4n) is 0.891. The minimum absolute atomic E-state index is 0.0607. The van der Waals surface area contributed by atoms with Crippen LogP contribution in [0.1, 0.15) is 22.3 Å². The van der Waals surface area contributed by atoms with Crippen LogP contribution in [0, 0.1) is 0 Å². The van der Waals surface area contributed by atoms with Crippen molar-refractivity contribution in [1.29, 1.82) is 0 Å². The van der Waals surface area contributed by atoms with Gasteiger partial charge in [0.15, 0.2) is 0 Å². The van der Waals surface area contributed by atoms with E-state index < -0.39 is 11.7 Å². The highest BCUT2D eigenvalue weighted by Crippen LogP contribution is 2.24. The largest absolute Gasteiger partial charge is 0.480 e. The monoisotopic (exact) mass is 221 g/mol. The molecule has 0 saturated carbocycles. The molecule has 0 aliphatic rings. The van der Waals surface area contributed by atoms with Gasteiger partial charge in [-0.3, -0.25) is 4.79 Å². The molecule has 6 heteroatoms. The van der Waals surface area contributed by atoms with Gasteiger partial charge in [-0.1, -0.05) is 0 Å². The smallest absolute Gasteiger partial charge is 0.265 e. The molecule has 0 aliphatic carbocycles. The van der Waals surface area contributed by atoms with Gasteiger partial charge in [0.1, 0.15) is 0 Å². The molecule has 14 heavy (non-hydrogen) atoms. The van der Waals surface area contributed by atoms with E-state index in [0.717, 1.165) is 12.3 Å². The van der Waals surface area contributed by atoms with Gasteiger partial charge in [0, 0.05) is 11.8 Å². The van der Waals surface area contributed by atoms with Crippen LogP contribution in [0.4, 0.5) is 8.78 Å². The molecule has 0 aromatic carbocycles. The zero-order valence-electron chi connectivity index (χ0n) is 7.13. The third-order valence-electron chi connectivity index (χ3n) is 1.53. The summed E-state index contributed by atoms with van der Waals surface area (Å²) in [6, 6.07) is 0.964. The molecule has 0 unspecified atom stereocenters. The van der Waals surface area contributed by atoms with Gasteiger partial charge in [0.05, 0.1) is 12.7 Å². The Morgan fingerprint density at radius 3 is 2.71 bits per heavy atom. The van der Waals surface area contributed by atoms with Gasteiger partial charge in [0.25, 0.3) is 11.7 Å². The summed E-state index contributed by atoms with van der Waals surface area (Å²) in [7, 11) is 1.27. The molecular formula is C8H6ClF2NO2. The van der Waals surface area contributed by atoms with E-state index in [-0.39, 0.29) is 17.0 Å². The molecule has 3 nitrogen and oxygen atoms in total. The van der Waals surface area contributed by atoms with Crippen LogP contribution < -0.4 is 4.74 Å². The molecule has 0 radical (unpaired) electrons. The Morgan fingerprint density at radius 2 is 2.29 bits per heavy atom. The number of halogens is 3. The Kier molecular flexibility index (Phi) is 3.35. The number of carbonyl (C=O) groups is 1. The SMILES string of the molecule is COc1ncc(C(F)F)cc1C(=O)Cl. The Hall–Kier alpha value is -1.23. The number of aromatic nitrogens is 1. The maximum absolute atomic E-state index is 12.2. The van der Waals surface area contributed by atoms with Crippen LogP contribution in [-0.4, -0.2) is 17.3 Å². The average Bonchev–Trinajstić information content (AvgIpc) is 2.16. The summed E-state index contributed by atoms with van der Waals surface area (Å²) in [5.74, 6) is -0.0607. The van der Waals surface area contributed by atoms with Gasteiger partial charge >= 0.3 is 0 Å². The standard InChI is InChI=1S/C8H6ClF2NO2/c1-14-8-5(6(9)13)2-4(3-12-8)7(10)11/h2-3,7H,1H3. The van der Waals surface area contributed by atoms with E-state index in [2.05, 4.69) is 9.72 Å². The molecular weight excluding hydrogens is 216 g/mol.